The number of halogens is 3. The van der Waals surface area contributed by atoms with E-state index in [9.17, 15) is 18.0 Å². The molecule has 9 heteroatoms. The van der Waals surface area contributed by atoms with Gasteiger partial charge in [-0.25, -0.2) is 0 Å². The third-order valence-electron chi connectivity index (χ3n) is 4.09. The van der Waals surface area contributed by atoms with Crippen molar-refractivity contribution in [2.45, 2.75) is 51.7 Å². The summed E-state index contributed by atoms with van der Waals surface area (Å²) in [4.78, 5) is 16.8. The summed E-state index contributed by atoms with van der Waals surface area (Å²) in [5.41, 5.74) is -0.665. The van der Waals surface area contributed by atoms with Crippen molar-refractivity contribution in [3.8, 4) is 11.8 Å². The van der Waals surface area contributed by atoms with Gasteiger partial charge in [0.15, 0.2) is 0 Å². The first kappa shape index (κ1) is 22.7. The second-order valence-electron chi connectivity index (χ2n) is 7.39. The summed E-state index contributed by atoms with van der Waals surface area (Å²) < 4.78 is 46.6. The molecule has 0 unspecified atom stereocenters. The van der Waals surface area contributed by atoms with Crippen LogP contribution in [-0.4, -0.2) is 17.0 Å². The number of aromatic nitrogens is 1. The highest BCUT2D eigenvalue weighted by molar-refractivity contribution is 7.04. The van der Waals surface area contributed by atoms with Crippen molar-refractivity contribution in [3.05, 3.63) is 45.8 Å². The summed E-state index contributed by atoms with van der Waals surface area (Å²) in [7, 11) is 1.28. The van der Waals surface area contributed by atoms with E-state index >= 15 is 0 Å². The number of nitrogens with zero attached hydrogens (tertiary/aromatic N) is 3. The van der Waals surface area contributed by atoms with Gasteiger partial charge in [0.05, 0.1) is 24.3 Å². The molecule has 2 aromatic rings. The summed E-state index contributed by atoms with van der Waals surface area (Å²) in [6.07, 6.45) is -1.21. The standard InChI is InChI=1S/C20H22F3N3O2S/c1-19(2,3)26-12-13(7-5-6-10-24)18(29-26)25-17(27)15-11-14(20(21,22)23)8-9-16(15)28-4/h8-9,11-12H,5-7H2,1-4H3. The highest BCUT2D eigenvalue weighted by Crippen LogP contribution is 2.32. The summed E-state index contributed by atoms with van der Waals surface area (Å²) >= 11 is 1.25. The molecule has 0 spiro atoms. The SMILES string of the molecule is COc1ccc(C(F)(F)F)cc1C(=O)N=c1sn(C(C)(C)C)cc1CCCC#N. The molecule has 0 aliphatic carbocycles. The van der Waals surface area contributed by atoms with Gasteiger partial charge in [-0.3, -0.25) is 8.75 Å². The molecule has 1 aromatic heterocycles. The molecule has 0 saturated heterocycles. The molecule has 0 aliphatic heterocycles. The number of benzene rings is 1. The normalized spacial score (nSPS) is 12.7. The number of carbonyl (C=O) groups is 1. The van der Waals surface area contributed by atoms with Gasteiger partial charge >= 0.3 is 6.18 Å². The molecule has 29 heavy (non-hydrogen) atoms. The van der Waals surface area contributed by atoms with Crippen molar-refractivity contribution in [3.63, 3.8) is 0 Å². The third-order valence-corrected chi connectivity index (χ3v) is 5.47. The van der Waals surface area contributed by atoms with Crippen molar-refractivity contribution < 1.29 is 22.7 Å². The zero-order valence-corrected chi connectivity index (χ0v) is 17.4. The van der Waals surface area contributed by atoms with E-state index in [4.69, 9.17) is 10.00 Å². The van der Waals surface area contributed by atoms with Crippen molar-refractivity contribution in [1.29, 1.82) is 5.26 Å². The molecule has 0 atom stereocenters. The Bertz CT molecular complexity index is 992. The zero-order chi connectivity index (χ0) is 21.8. The molecule has 0 aliphatic rings. The number of rotatable bonds is 5. The van der Waals surface area contributed by atoms with E-state index in [0.29, 0.717) is 23.9 Å². The van der Waals surface area contributed by atoms with Crippen LogP contribution in [-0.2, 0) is 18.1 Å². The Kier molecular flexibility index (Phi) is 6.90. The predicted octanol–water partition coefficient (Wildman–Crippen LogP) is 4.92. The average molecular weight is 425 g/mol. The van der Waals surface area contributed by atoms with Crippen molar-refractivity contribution in [1.82, 2.24) is 3.96 Å². The summed E-state index contributed by atoms with van der Waals surface area (Å²) in [6, 6.07) is 4.80. The van der Waals surface area contributed by atoms with Gasteiger partial charge in [-0.05, 0) is 63.3 Å². The molecular weight excluding hydrogens is 403 g/mol. The van der Waals surface area contributed by atoms with Crippen LogP contribution in [0.3, 0.4) is 0 Å². The van der Waals surface area contributed by atoms with Crippen LogP contribution in [0, 0.1) is 11.3 Å². The first-order chi connectivity index (χ1) is 13.5. The molecule has 1 amide bonds. The van der Waals surface area contributed by atoms with E-state index in [0.717, 1.165) is 23.8 Å². The molecule has 5 nitrogen and oxygen atoms in total. The average Bonchev–Trinajstić information content (AvgIpc) is 3.03. The van der Waals surface area contributed by atoms with Gasteiger partial charge < -0.3 is 4.74 Å². The van der Waals surface area contributed by atoms with Crippen molar-refractivity contribution in [2.24, 2.45) is 4.99 Å². The Balaban J connectivity index is 2.54. The summed E-state index contributed by atoms with van der Waals surface area (Å²) in [5, 5.41) is 8.76. The van der Waals surface area contributed by atoms with Crippen LogP contribution in [0.5, 0.6) is 5.75 Å². The maximum atomic E-state index is 13.1. The topological polar surface area (TPSA) is 67.4 Å². The van der Waals surface area contributed by atoms with Gasteiger partial charge in [0.2, 0.25) is 0 Å². The minimum absolute atomic E-state index is 0.0260. The van der Waals surface area contributed by atoms with Gasteiger partial charge in [0, 0.05) is 23.7 Å². The highest BCUT2D eigenvalue weighted by atomic mass is 32.1. The van der Waals surface area contributed by atoms with Crippen LogP contribution in [0.4, 0.5) is 13.2 Å². The number of aryl methyl sites for hydroxylation is 1. The first-order valence-electron chi connectivity index (χ1n) is 8.91. The van der Waals surface area contributed by atoms with Crippen LogP contribution in [0.25, 0.3) is 0 Å². The number of alkyl halides is 3. The lowest BCUT2D eigenvalue weighted by Crippen LogP contribution is -2.18. The number of unbranched alkanes of at least 4 members (excludes halogenated alkanes) is 1. The molecule has 156 valence electrons. The quantitative estimate of drug-likeness (QED) is 0.639. The highest BCUT2D eigenvalue weighted by Gasteiger charge is 2.32. The number of hydrogen-bond acceptors (Lipinski definition) is 4. The number of nitriles is 1. The fourth-order valence-electron chi connectivity index (χ4n) is 2.53. The largest absolute Gasteiger partial charge is 0.496 e. The Morgan fingerprint density at radius 2 is 2.00 bits per heavy atom. The fraction of sp³-hybridized carbons (Fsp3) is 0.450. The lowest BCUT2D eigenvalue weighted by Gasteiger charge is -2.19. The summed E-state index contributed by atoms with van der Waals surface area (Å²) in [6.45, 7) is 5.97. The van der Waals surface area contributed by atoms with Crippen molar-refractivity contribution in [2.75, 3.05) is 7.11 Å². The third kappa shape index (κ3) is 5.70. The minimum atomic E-state index is -4.58. The predicted molar refractivity (Wildman–Crippen MR) is 104 cm³/mol. The second kappa shape index (κ2) is 8.82. The molecule has 0 N–H and O–H groups in total. The van der Waals surface area contributed by atoms with Crippen molar-refractivity contribution >= 4 is 17.4 Å². The number of hydrogen-bond donors (Lipinski definition) is 0. The van der Waals surface area contributed by atoms with Gasteiger partial charge in [-0.15, -0.1) is 0 Å². The first-order valence-corrected chi connectivity index (χ1v) is 9.68. The van der Waals surface area contributed by atoms with E-state index < -0.39 is 17.6 Å². The van der Waals surface area contributed by atoms with E-state index in [2.05, 4.69) is 11.1 Å². The van der Waals surface area contributed by atoms with Crippen LogP contribution in [0.2, 0.25) is 0 Å². The van der Waals surface area contributed by atoms with Gasteiger partial charge in [-0.2, -0.15) is 23.4 Å². The van der Waals surface area contributed by atoms with Crippen LogP contribution >= 0.6 is 11.5 Å². The van der Waals surface area contributed by atoms with Crippen LogP contribution in [0.1, 0.15) is 55.1 Å². The Labute approximate surface area is 171 Å². The monoisotopic (exact) mass is 425 g/mol. The molecule has 1 aromatic carbocycles. The Hall–Kier alpha value is -2.60. The maximum absolute atomic E-state index is 13.1. The Morgan fingerprint density at radius 1 is 1.31 bits per heavy atom. The lowest BCUT2D eigenvalue weighted by molar-refractivity contribution is -0.137. The molecule has 1 heterocycles. The summed E-state index contributed by atoms with van der Waals surface area (Å²) in [5.74, 6) is -0.782. The Morgan fingerprint density at radius 3 is 2.55 bits per heavy atom. The number of carbonyl (C=O) groups excluding carboxylic acids is 1. The van der Waals surface area contributed by atoms with Crippen LogP contribution in [0.15, 0.2) is 29.4 Å². The molecule has 0 fully saturated rings. The van der Waals surface area contributed by atoms with Gasteiger partial charge in [0.25, 0.3) is 5.91 Å². The lowest BCUT2D eigenvalue weighted by atomic mass is 10.1. The maximum Gasteiger partial charge on any atom is 0.416 e. The van der Waals surface area contributed by atoms with E-state index in [1.165, 1.54) is 18.6 Å². The molecule has 2 rings (SSSR count). The van der Waals surface area contributed by atoms with Gasteiger partial charge in [0.1, 0.15) is 10.4 Å². The molecule has 0 radical (unpaired) electrons. The minimum Gasteiger partial charge on any atom is -0.496 e. The van der Waals surface area contributed by atoms with E-state index in [1.807, 2.05) is 30.9 Å². The molecular formula is C20H22F3N3O2S. The molecule has 0 bridgehead atoms. The number of methoxy groups -OCH3 is 1. The molecule has 0 saturated carbocycles. The number of ether oxygens (including phenoxy) is 1. The number of amides is 1. The smallest absolute Gasteiger partial charge is 0.416 e. The zero-order valence-electron chi connectivity index (χ0n) is 16.6. The van der Waals surface area contributed by atoms with Gasteiger partial charge in [-0.1, -0.05) is 0 Å². The fourth-order valence-corrected chi connectivity index (χ4v) is 3.57. The second-order valence-corrected chi connectivity index (χ2v) is 8.35. The van der Waals surface area contributed by atoms with E-state index in [1.54, 1.807) is 0 Å². The van der Waals surface area contributed by atoms with Crippen LogP contribution < -0.4 is 9.41 Å². The van der Waals surface area contributed by atoms with E-state index in [-0.39, 0.29) is 16.9 Å².